The van der Waals surface area contributed by atoms with Crippen molar-refractivity contribution in [2.45, 2.75) is 121 Å². The molecule has 1 fully saturated rings. The molecule has 1 aromatic rings. The number of nitrogens with zero attached hydrogens (tertiary/aromatic N) is 1. The van der Waals surface area contributed by atoms with Gasteiger partial charge in [0.2, 0.25) is 0 Å². The molecule has 0 unspecified atom stereocenters. The smallest absolute Gasteiger partial charge is 0.330 e. The number of carbonyl (C=O) groups is 1. The average molecular weight is 483 g/mol. The number of aliphatic hydroxyl groups excluding tert-OH is 2. The van der Waals surface area contributed by atoms with Gasteiger partial charge in [-0.05, 0) is 6.42 Å². The van der Waals surface area contributed by atoms with E-state index < -0.39 is 48.4 Å². The predicted molar refractivity (Wildman–Crippen MR) is 129 cm³/mol. The van der Waals surface area contributed by atoms with Crippen LogP contribution in [0.25, 0.3) is 0 Å². The number of hydrogen-bond donors (Lipinski definition) is 3. The van der Waals surface area contributed by atoms with E-state index in [1.807, 2.05) is 0 Å². The van der Waals surface area contributed by atoms with E-state index in [1.165, 1.54) is 70.4 Å². The quantitative estimate of drug-likeness (QED) is 0.230. The highest BCUT2D eigenvalue weighted by atomic mass is 16.6. The lowest BCUT2D eigenvalue weighted by atomic mass is 10.0. The first-order valence-corrected chi connectivity index (χ1v) is 12.9. The van der Waals surface area contributed by atoms with Gasteiger partial charge < -0.3 is 19.7 Å². The molecule has 1 aliphatic rings. The molecule has 3 N–H and O–H groups in total. The Bertz CT molecular complexity index is 822. The molecule has 0 spiro atoms. The van der Waals surface area contributed by atoms with Crippen molar-refractivity contribution in [3.05, 3.63) is 33.1 Å². The molecule has 0 aliphatic carbocycles. The summed E-state index contributed by atoms with van der Waals surface area (Å²) in [6.45, 7) is 1.75. The minimum Gasteiger partial charge on any atom is -0.457 e. The fourth-order valence-electron chi connectivity index (χ4n) is 4.37. The van der Waals surface area contributed by atoms with Crippen molar-refractivity contribution >= 4 is 5.97 Å². The van der Waals surface area contributed by atoms with Gasteiger partial charge in [-0.15, -0.1) is 0 Å². The van der Waals surface area contributed by atoms with Crippen molar-refractivity contribution in [2.24, 2.45) is 0 Å². The first-order valence-electron chi connectivity index (χ1n) is 12.9. The van der Waals surface area contributed by atoms with E-state index >= 15 is 0 Å². The van der Waals surface area contributed by atoms with Gasteiger partial charge in [0, 0.05) is 18.7 Å². The Morgan fingerprint density at radius 2 is 1.56 bits per heavy atom. The molecule has 1 aromatic heterocycles. The van der Waals surface area contributed by atoms with Crippen molar-refractivity contribution in [3.8, 4) is 0 Å². The van der Waals surface area contributed by atoms with Crippen LogP contribution >= 0.6 is 0 Å². The third kappa shape index (κ3) is 9.35. The summed E-state index contributed by atoms with van der Waals surface area (Å²) in [7, 11) is 0. The maximum Gasteiger partial charge on any atom is 0.330 e. The second kappa shape index (κ2) is 15.8. The molecule has 34 heavy (non-hydrogen) atoms. The topological polar surface area (TPSA) is 131 Å². The van der Waals surface area contributed by atoms with Gasteiger partial charge in [0.05, 0.1) is 6.61 Å². The highest BCUT2D eigenvalue weighted by Gasteiger charge is 2.47. The van der Waals surface area contributed by atoms with Gasteiger partial charge in [-0.3, -0.25) is 19.1 Å². The molecule has 1 aliphatic heterocycles. The van der Waals surface area contributed by atoms with Gasteiger partial charge in [-0.1, -0.05) is 84.0 Å². The van der Waals surface area contributed by atoms with Crippen molar-refractivity contribution in [3.63, 3.8) is 0 Å². The third-order valence-electron chi connectivity index (χ3n) is 6.37. The van der Waals surface area contributed by atoms with Gasteiger partial charge in [0.15, 0.2) is 12.3 Å². The average Bonchev–Trinajstić information content (AvgIpc) is 3.12. The molecule has 0 radical (unpaired) electrons. The number of rotatable bonds is 17. The number of aromatic nitrogens is 2. The van der Waals surface area contributed by atoms with Crippen LogP contribution in [0.15, 0.2) is 21.9 Å². The Morgan fingerprint density at radius 1 is 1.00 bits per heavy atom. The SMILES string of the molecule is CCCCCCCCCCCCCCCC(=O)O[C@H]1[C@@H](O)[C@H](n2ccc(=O)[nH]c2=O)O[C@@H]1CO. The van der Waals surface area contributed by atoms with Crippen LogP contribution in [0, 0.1) is 0 Å². The monoisotopic (exact) mass is 482 g/mol. The largest absolute Gasteiger partial charge is 0.457 e. The molecule has 1 saturated heterocycles. The summed E-state index contributed by atoms with van der Waals surface area (Å²) in [5.74, 6) is -0.469. The lowest BCUT2D eigenvalue weighted by Crippen LogP contribution is -2.40. The van der Waals surface area contributed by atoms with Crippen molar-refractivity contribution < 1.29 is 24.5 Å². The van der Waals surface area contributed by atoms with Crippen LogP contribution in [-0.4, -0.2) is 50.7 Å². The number of ether oxygens (including phenoxy) is 2. The van der Waals surface area contributed by atoms with Crippen LogP contribution in [0.2, 0.25) is 0 Å². The minimum absolute atomic E-state index is 0.225. The maximum absolute atomic E-state index is 12.3. The molecule has 0 amide bonds. The Kier molecular flexibility index (Phi) is 13.2. The highest BCUT2D eigenvalue weighted by Crippen LogP contribution is 2.30. The summed E-state index contributed by atoms with van der Waals surface area (Å²) < 4.78 is 11.9. The molecule has 4 atom stereocenters. The zero-order valence-electron chi connectivity index (χ0n) is 20.5. The van der Waals surface area contributed by atoms with Crippen LogP contribution in [0.4, 0.5) is 0 Å². The van der Waals surface area contributed by atoms with Crippen LogP contribution in [0.3, 0.4) is 0 Å². The van der Waals surface area contributed by atoms with Gasteiger partial charge in [0.25, 0.3) is 5.56 Å². The van der Waals surface area contributed by atoms with Crippen LogP contribution in [0.5, 0.6) is 0 Å². The zero-order chi connectivity index (χ0) is 24.8. The number of aromatic amines is 1. The minimum atomic E-state index is -1.35. The van der Waals surface area contributed by atoms with Gasteiger partial charge in [-0.2, -0.15) is 0 Å². The lowest BCUT2D eigenvalue weighted by Gasteiger charge is -2.20. The standard InChI is InChI=1S/C25H42N2O7/c1-2-3-4-5-6-7-8-9-10-11-12-13-14-15-21(30)34-23-19(18-28)33-24(22(23)31)27-17-16-20(29)26-25(27)32/h16-17,19,22-24,28,31H,2-15,18H2,1H3,(H,26,29,32)/t19-,22-,23-,24-/m1/s1. The summed E-state index contributed by atoms with van der Waals surface area (Å²) in [5, 5.41) is 20.1. The summed E-state index contributed by atoms with van der Waals surface area (Å²) in [5.41, 5.74) is -1.33. The number of H-pyrrole nitrogens is 1. The number of esters is 1. The number of hydrogen-bond acceptors (Lipinski definition) is 7. The van der Waals surface area contributed by atoms with Crippen molar-refractivity contribution in [1.82, 2.24) is 9.55 Å². The number of aliphatic hydroxyl groups is 2. The van der Waals surface area contributed by atoms with Crippen LogP contribution < -0.4 is 11.2 Å². The third-order valence-corrected chi connectivity index (χ3v) is 6.37. The van der Waals surface area contributed by atoms with E-state index in [9.17, 15) is 24.6 Å². The molecular formula is C25H42N2O7. The first-order chi connectivity index (χ1) is 16.5. The number of nitrogens with one attached hydrogen (secondary N) is 1. The van der Waals surface area contributed by atoms with Gasteiger partial charge >= 0.3 is 11.7 Å². The van der Waals surface area contributed by atoms with E-state index in [4.69, 9.17) is 9.47 Å². The molecule has 0 bridgehead atoms. The molecular weight excluding hydrogens is 440 g/mol. The number of carbonyl (C=O) groups excluding carboxylic acids is 1. The van der Waals surface area contributed by atoms with Crippen LogP contribution in [-0.2, 0) is 14.3 Å². The predicted octanol–water partition coefficient (Wildman–Crippen LogP) is 3.18. The summed E-state index contributed by atoms with van der Waals surface area (Å²) in [6.07, 6.45) is 12.6. The molecule has 194 valence electrons. The van der Waals surface area contributed by atoms with Crippen molar-refractivity contribution in [2.75, 3.05) is 6.61 Å². The number of unbranched alkanes of at least 4 members (excludes halogenated alkanes) is 12. The normalized spacial score (nSPS) is 22.2. The maximum atomic E-state index is 12.3. The molecule has 0 saturated carbocycles. The molecule has 9 nitrogen and oxygen atoms in total. The van der Waals surface area contributed by atoms with E-state index in [0.717, 1.165) is 23.5 Å². The molecule has 2 heterocycles. The fraction of sp³-hybridized carbons (Fsp3) is 0.800. The molecule has 9 heteroatoms. The van der Waals surface area contributed by atoms with E-state index in [0.29, 0.717) is 6.42 Å². The summed E-state index contributed by atoms with van der Waals surface area (Å²) in [6, 6.07) is 1.12. The Hall–Kier alpha value is -1.97. The second-order valence-electron chi connectivity index (χ2n) is 9.20. The summed E-state index contributed by atoms with van der Waals surface area (Å²) >= 11 is 0. The van der Waals surface area contributed by atoms with E-state index in [2.05, 4.69) is 11.9 Å². The Balaban J connectivity index is 1.61. The molecule has 2 rings (SSSR count). The van der Waals surface area contributed by atoms with Gasteiger partial charge in [0.1, 0.15) is 12.2 Å². The second-order valence-corrected chi connectivity index (χ2v) is 9.20. The van der Waals surface area contributed by atoms with Gasteiger partial charge in [-0.25, -0.2) is 4.79 Å². The van der Waals surface area contributed by atoms with E-state index in [1.54, 1.807) is 0 Å². The van der Waals surface area contributed by atoms with E-state index in [-0.39, 0.29) is 6.42 Å². The highest BCUT2D eigenvalue weighted by molar-refractivity contribution is 5.69. The Morgan fingerprint density at radius 3 is 2.09 bits per heavy atom. The van der Waals surface area contributed by atoms with Crippen molar-refractivity contribution in [1.29, 1.82) is 0 Å². The zero-order valence-corrected chi connectivity index (χ0v) is 20.5. The Labute approximate surface area is 201 Å². The lowest BCUT2D eigenvalue weighted by molar-refractivity contribution is -0.156. The van der Waals surface area contributed by atoms with Crippen LogP contribution in [0.1, 0.15) is 103 Å². The summed E-state index contributed by atoms with van der Waals surface area (Å²) in [4.78, 5) is 37.6. The molecule has 0 aromatic carbocycles. The first kappa shape index (κ1) is 28.3. The fourth-order valence-corrected chi connectivity index (χ4v) is 4.37.